The van der Waals surface area contributed by atoms with E-state index in [1.807, 2.05) is 0 Å². The van der Waals surface area contributed by atoms with E-state index in [0.717, 1.165) is 55.3 Å². The Balaban J connectivity index is 1.39. The van der Waals surface area contributed by atoms with Gasteiger partial charge in [0.1, 0.15) is 24.7 Å². The zero-order valence-corrected chi connectivity index (χ0v) is 33.5. The van der Waals surface area contributed by atoms with Crippen LogP contribution in [0.3, 0.4) is 0 Å². The molecular formula is C57H42O4. The summed E-state index contributed by atoms with van der Waals surface area (Å²) >= 11 is 0. The first kappa shape index (κ1) is 36.8. The van der Waals surface area contributed by atoms with Crippen LogP contribution in [0.25, 0.3) is 76.5 Å². The number of hydrogen-bond donors (Lipinski definition) is 2. The summed E-state index contributed by atoms with van der Waals surface area (Å²) in [5.74, 6) is 1.45. The third kappa shape index (κ3) is 5.68. The van der Waals surface area contributed by atoms with E-state index in [2.05, 4.69) is 194 Å². The van der Waals surface area contributed by atoms with Gasteiger partial charge in [0.05, 0.1) is 18.6 Å². The minimum Gasteiger partial charge on any atom is -0.491 e. The van der Waals surface area contributed by atoms with Crippen molar-refractivity contribution in [2.75, 3.05) is 26.4 Å². The van der Waals surface area contributed by atoms with Gasteiger partial charge in [-0.15, -0.1) is 0 Å². The summed E-state index contributed by atoms with van der Waals surface area (Å²) in [4.78, 5) is 0. The van der Waals surface area contributed by atoms with Crippen LogP contribution in [0.2, 0.25) is 0 Å². The summed E-state index contributed by atoms with van der Waals surface area (Å²) in [6.45, 7) is 0.216. The van der Waals surface area contributed by atoms with E-state index >= 15 is 0 Å². The molecule has 0 spiro atoms. The standard InChI is InChI=1S/C57H42O4/c58-33-35-60-53-31-29-51(43-19-5-7-21-45(43)53)57(52-30-32-54(61-36-34-59)46-22-8-6-20-44(46)52)55-47(41-23-9-15-37-13-1-3-17-39(37)41)25-11-27-49(55)50-28-12-26-48(56(50)57)42-24-10-16-38-14-2-4-18-40(38)42/h1-32,58-59H,33-36H2. The van der Waals surface area contributed by atoms with E-state index in [-0.39, 0.29) is 26.4 Å². The van der Waals surface area contributed by atoms with Crippen LogP contribution >= 0.6 is 0 Å². The fourth-order valence-electron chi connectivity index (χ4n) is 10.3. The van der Waals surface area contributed by atoms with Gasteiger partial charge in [-0.3, -0.25) is 0 Å². The molecule has 4 heteroatoms. The predicted octanol–water partition coefficient (Wildman–Crippen LogP) is 12.7. The zero-order valence-electron chi connectivity index (χ0n) is 33.5. The molecule has 0 saturated carbocycles. The van der Waals surface area contributed by atoms with Gasteiger partial charge in [0.2, 0.25) is 0 Å². The Kier molecular flexibility index (Phi) is 9.11. The Bertz CT molecular complexity index is 3080. The maximum Gasteiger partial charge on any atom is 0.127 e. The lowest BCUT2D eigenvalue weighted by atomic mass is 9.62. The van der Waals surface area contributed by atoms with E-state index < -0.39 is 5.41 Å². The van der Waals surface area contributed by atoms with Crippen molar-refractivity contribution < 1.29 is 19.7 Å². The van der Waals surface area contributed by atoms with E-state index in [0.29, 0.717) is 0 Å². The molecule has 11 rings (SSSR count). The Labute approximate surface area is 354 Å². The molecule has 0 heterocycles. The fraction of sp³-hybridized carbons (Fsp3) is 0.0877. The predicted molar refractivity (Wildman–Crippen MR) is 250 cm³/mol. The maximum atomic E-state index is 9.89. The Morgan fingerprint density at radius 2 is 0.639 bits per heavy atom. The molecule has 0 amide bonds. The molecule has 10 aromatic rings. The molecular weight excluding hydrogens is 749 g/mol. The van der Waals surface area contributed by atoms with Crippen LogP contribution in [0.4, 0.5) is 0 Å². The molecule has 61 heavy (non-hydrogen) atoms. The third-order valence-electron chi connectivity index (χ3n) is 12.6. The molecule has 0 radical (unpaired) electrons. The number of benzene rings is 10. The number of aliphatic hydroxyl groups is 2. The first-order valence-corrected chi connectivity index (χ1v) is 21.0. The molecule has 1 aliphatic carbocycles. The van der Waals surface area contributed by atoms with Crippen LogP contribution < -0.4 is 9.47 Å². The quantitative estimate of drug-likeness (QED) is 0.145. The lowest BCUT2D eigenvalue weighted by Gasteiger charge is -2.38. The lowest BCUT2D eigenvalue weighted by molar-refractivity contribution is 0.203. The van der Waals surface area contributed by atoms with Crippen molar-refractivity contribution in [1.29, 1.82) is 0 Å². The van der Waals surface area contributed by atoms with E-state index in [4.69, 9.17) is 9.47 Å². The summed E-state index contributed by atoms with van der Waals surface area (Å²) < 4.78 is 12.6. The first-order chi connectivity index (χ1) is 30.2. The number of rotatable bonds is 10. The van der Waals surface area contributed by atoms with E-state index in [1.165, 1.54) is 54.9 Å². The van der Waals surface area contributed by atoms with Crippen LogP contribution in [-0.2, 0) is 5.41 Å². The summed E-state index contributed by atoms with van der Waals surface area (Å²) in [6.07, 6.45) is 0. The van der Waals surface area contributed by atoms with Crippen LogP contribution in [0.15, 0.2) is 194 Å². The molecule has 0 atom stereocenters. The molecule has 0 unspecified atom stereocenters. The SMILES string of the molecule is OCCOc1ccc(C2(c3ccc(OCCO)c4ccccc34)c3c(cccc3-c3cccc4ccccc34)-c3cccc(-c4cccc5ccccc45)c32)c2ccccc12. The first-order valence-electron chi connectivity index (χ1n) is 21.0. The molecule has 10 aromatic carbocycles. The summed E-state index contributed by atoms with van der Waals surface area (Å²) in [6, 6.07) is 70.0. The molecule has 0 aliphatic heterocycles. The Morgan fingerprint density at radius 3 is 1.07 bits per heavy atom. The fourth-order valence-corrected chi connectivity index (χ4v) is 10.3. The van der Waals surface area contributed by atoms with Gasteiger partial charge >= 0.3 is 0 Å². The molecule has 0 saturated heterocycles. The van der Waals surface area contributed by atoms with Gasteiger partial charge in [-0.25, -0.2) is 0 Å². The van der Waals surface area contributed by atoms with Gasteiger partial charge in [0, 0.05) is 10.8 Å². The second-order valence-corrected chi connectivity index (χ2v) is 15.7. The smallest absolute Gasteiger partial charge is 0.127 e. The minimum absolute atomic E-state index is 0.0831. The highest BCUT2D eigenvalue weighted by molar-refractivity contribution is 6.09. The summed E-state index contributed by atoms with van der Waals surface area (Å²) in [7, 11) is 0. The van der Waals surface area contributed by atoms with Crippen LogP contribution in [0, 0.1) is 0 Å². The topological polar surface area (TPSA) is 58.9 Å². The molecule has 4 nitrogen and oxygen atoms in total. The highest BCUT2D eigenvalue weighted by Crippen LogP contribution is 2.63. The number of fused-ring (bicyclic) bond motifs is 7. The second kappa shape index (κ2) is 15.1. The second-order valence-electron chi connectivity index (χ2n) is 15.7. The van der Waals surface area contributed by atoms with Crippen LogP contribution in [0.1, 0.15) is 22.3 Å². The number of ether oxygens (including phenoxy) is 2. The maximum absolute atomic E-state index is 9.89. The van der Waals surface area contributed by atoms with Gasteiger partial charge in [0.15, 0.2) is 0 Å². The minimum atomic E-state index is -0.921. The van der Waals surface area contributed by atoms with Crippen molar-refractivity contribution in [3.05, 3.63) is 216 Å². The lowest BCUT2D eigenvalue weighted by Crippen LogP contribution is -2.31. The van der Waals surface area contributed by atoms with Gasteiger partial charge < -0.3 is 19.7 Å². The largest absolute Gasteiger partial charge is 0.491 e. The zero-order chi connectivity index (χ0) is 40.9. The molecule has 0 fully saturated rings. The van der Waals surface area contributed by atoms with Gasteiger partial charge in [-0.1, -0.05) is 182 Å². The Morgan fingerprint density at radius 1 is 0.311 bits per heavy atom. The average Bonchev–Trinajstić information content (AvgIpc) is 3.63. The van der Waals surface area contributed by atoms with Crippen molar-refractivity contribution in [2.24, 2.45) is 0 Å². The van der Waals surface area contributed by atoms with Crippen LogP contribution in [0.5, 0.6) is 11.5 Å². The Hall–Kier alpha value is -7.24. The molecule has 0 aromatic heterocycles. The van der Waals surface area contributed by atoms with Crippen molar-refractivity contribution in [3.63, 3.8) is 0 Å². The van der Waals surface area contributed by atoms with E-state index in [1.54, 1.807) is 0 Å². The molecule has 1 aliphatic rings. The van der Waals surface area contributed by atoms with Crippen molar-refractivity contribution in [1.82, 2.24) is 0 Å². The number of hydrogen-bond acceptors (Lipinski definition) is 4. The summed E-state index contributed by atoms with van der Waals surface area (Å²) in [5, 5.41) is 28.6. The normalized spacial score (nSPS) is 12.8. The number of aliphatic hydroxyl groups excluding tert-OH is 2. The van der Waals surface area contributed by atoms with Gasteiger partial charge in [-0.2, -0.15) is 0 Å². The van der Waals surface area contributed by atoms with E-state index in [9.17, 15) is 10.2 Å². The molecule has 0 bridgehead atoms. The van der Waals surface area contributed by atoms with Crippen molar-refractivity contribution >= 4 is 43.1 Å². The molecule has 294 valence electrons. The van der Waals surface area contributed by atoms with Crippen LogP contribution in [-0.4, -0.2) is 36.6 Å². The van der Waals surface area contributed by atoms with Gasteiger partial charge in [0.25, 0.3) is 0 Å². The highest BCUT2D eigenvalue weighted by Gasteiger charge is 2.51. The molecule has 2 N–H and O–H groups in total. The van der Waals surface area contributed by atoms with Crippen molar-refractivity contribution in [2.45, 2.75) is 5.41 Å². The summed E-state index contributed by atoms with van der Waals surface area (Å²) in [5.41, 5.74) is 10.7. The highest BCUT2D eigenvalue weighted by atomic mass is 16.5. The average molecular weight is 791 g/mol. The third-order valence-corrected chi connectivity index (χ3v) is 12.6. The van der Waals surface area contributed by atoms with Crippen molar-refractivity contribution in [3.8, 4) is 44.9 Å². The van der Waals surface area contributed by atoms with Gasteiger partial charge in [-0.05, 0) is 100 Å². The monoisotopic (exact) mass is 790 g/mol.